The van der Waals surface area contributed by atoms with Crippen molar-refractivity contribution < 1.29 is 5.11 Å². The molecule has 2 aromatic heterocycles. The molecule has 3 aromatic rings. The Kier molecular flexibility index (Phi) is 5.35. The Morgan fingerprint density at radius 2 is 1.96 bits per heavy atom. The third-order valence-corrected chi connectivity index (χ3v) is 3.87. The molecule has 0 fully saturated rings. The topological polar surface area (TPSA) is 72.0 Å². The van der Waals surface area contributed by atoms with Crippen LogP contribution in [0.25, 0.3) is 0 Å². The largest absolute Gasteiger partial charge is 0.395 e. The van der Waals surface area contributed by atoms with Gasteiger partial charge in [-0.05, 0) is 5.56 Å². The molecule has 0 saturated heterocycles. The fourth-order valence-corrected chi connectivity index (χ4v) is 2.61. The summed E-state index contributed by atoms with van der Waals surface area (Å²) in [5.41, 5.74) is 2.33. The van der Waals surface area contributed by atoms with Crippen molar-refractivity contribution in [2.45, 2.75) is 19.6 Å². The van der Waals surface area contributed by atoms with E-state index in [-0.39, 0.29) is 6.61 Å². The molecule has 126 valence electrons. The molecule has 7 nitrogen and oxygen atoms in total. The van der Waals surface area contributed by atoms with Crippen molar-refractivity contribution in [3.8, 4) is 0 Å². The normalized spacial score (nSPS) is 11.3. The fraction of sp³-hybridized carbons (Fsp3) is 0.353. The van der Waals surface area contributed by atoms with E-state index in [0.29, 0.717) is 19.6 Å². The first-order valence-electron chi connectivity index (χ1n) is 7.96. The van der Waals surface area contributed by atoms with E-state index in [9.17, 15) is 5.11 Å². The summed E-state index contributed by atoms with van der Waals surface area (Å²) in [5, 5.41) is 21.8. The van der Waals surface area contributed by atoms with Gasteiger partial charge in [0.05, 0.1) is 25.9 Å². The van der Waals surface area contributed by atoms with Gasteiger partial charge in [0.25, 0.3) is 0 Å². The maximum Gasteiger partial charge on any atom is 0.146 e. The average Bonchev–Trinajstić information content (AvgIpc) is 3.18. The van der Waals surface area contributed by atoms with Crippen LogP contribution in [0.5, 0.6) is 0 Å². The van der Waals surface area contributed by atoms with Crippen molar-refractivity contribution in [1.82, 2.24) is 29.4 Å². The van der Waals surface area contributed by atoms with E-state index < -0.39 is 0 Å². The zero-order valence-electron chi connectivity index (χ0n) is 13.8. The van der Waals surface area contributed by atoms with E-state index in [1.807, 2.05) is 46.9 Å². The molecule has 0 atom stereocenters. The van der Waals surface area contributed by atoms with Crippen LogP contribution in [-0.2, 0) is 26.7 Å². The summed E-state index contributed by atoms with van der Waals surface area (Å²) in [6.45, 7) is 2.79. The first-order valence-corrected chi connectivity index (χ1v) is 7.96. The van der Waals surface area contributed by atoms with Gasteiger partial charge in [0.2, 0.25) is 0 Å². The highest BCUT2D eigenvalue weighted by molar-refractivity contribution is 5.15. The maximum atomic E-state index is 9.31. The average molecular weight is 326 g/mol. The smallest absolute Gasteiger partial charge is 0.146 e. The van der Waals surface area contributed by atoms with Gasteiger partial charge in [-0.2, -0.15) is 5.10 Å². The highest BCUT2D eigenvalue weighted by Crippen LogP contribution is 2.09. The highest BCUT2D eigenvalue weighted by Gasteiger charge is 2.11. The number of hydrogen-bond acceptors (Lipinski definition) is 5. The van der Waals surface area contributed by atoms with Crippen LogP contribution in [0.1, 0.15) is 17.0 Å². The lowest BCUT2D eigenvalue weighted by Gasteiger charge is -2.19. The summed E-state index contributed by atoms with van der Waals surface area (Å²) in [6, 6.07) is 10.3. The number of aromatic nitrogens is 5. The molecule has 1 aromatic carbocycles. The molecule has 0 radical (unpaired) electrons. The van der Waals surface area contributed by atoms with E-state index >= 15 is 0 Å². The van der Waals surface area contributed by atoms with Crippen LogP contribution >= 0.6 is 0 Å². The fourth-order valence-electron chi connectivity index (χ4n) is 2.61. The molecule has 0 bridgehead atoms. The number of aliphatic hydroxyl groups excluding tert-OH is 1. The Labute approximate surface area is 141 Å². The van der Waals surface area contributed by atoms with Crippen LogP contribution in [0.3, 0.4) is 0 Å². The van der Waals surface area contributed by atoms with Gasteiger partial charge in [-0.1, -0.05) is 30.3 Å². The zero-order chi connectivity index (χ0) is 16.8. The number of rotatable bonds is 8. The summed E-state index contributed by atoms with van der Waals surface area (Å²) in [5.74, 6) is 0.875. The van der Waals surface area contributed by atoms with Gasteiger partial charge >= 0.3 is 0 Å². The Morgan fingerprint density at radius 3 is 2.67 bits per heavy atom. The molecule has 7 heteroatoms. The van der Waals surface area contributed by atoms with Gasteiger partial charge in [-0.3, -0.25) is 9.58 Å². The van der Waals surface area contributed by atoms with Crippen molar-refractivity contribution in [3.63, 3.8) is 0 Å². The SMILES string of the molecule is Cn1cnnc1CN(CCO)Cc1cnn(Cc2ccccc2)c1. The van der Waals surface area contributed by atoms with E-state index in [1.165, 1.54) is 5.56 Å². The summed E-state index contributed by atoms with van der Waals surface area (Å²) in [6.07, 6.45) is 5.61. The van der Waals surface area contributed by atoms with Gasteiger partial charge in [-0.25, -0.2) is 0 Å². The van der Waals surface area contributed by atoms with Crippen LogP contribution in [-0.4, -0.2) is 47.7 Å². The van der Waals surface area contributed by atoms with Gasteiger partial charge in [0.15, 0.2) is 0 Å². The first kappa shape index (κ1) is 16.4. The minimum absolute atomic E-state index is 0.107. The molecule has 1 N–H and O–H groups in total. The number of aryl methyl sites for hydroxylation is 1. The first-order chi connectivity index (χ1) is 11.7. The lowest BCUT2D eigenvalue weighted by atomic mass is 10.2. The van der Waals surface area contributed by atoms with E-state index in [4.69, 9.17) is 0 Å². The number of aliphatic hydroxyl groups is 1. The third kappa shape index (κ3) is 4.27. The second kappa shape index (κ2) is 7.85. The zero-order valence-corrected chi connectivity index (χ0v) is 13.8. The quantitative estimate of drug-likeness (QED) is 0.670. The Hall–Kier alpha value is -2.51. The molecule has 0 aliphatic heterocycles. The predicted molar refractivity (Wildman–Crippen MR) is 90.0 cm³/mol. The Morgan fingerprint density at radius 1 is 1.12 bits per heavy atom. The summed E-state index contributed by atoms with van der Waals surface area (Å²) in [4.78, 5) is 2.13. The molecule has 0 aliphatic rings. The van der Waals surface area contributed by atoms with Crippen molar-refractivity contribution in [1.29, 1.82) is 0 Å². The van der Waals surface area contributed by atoms with Crippen molar-refractivity contribution in [3.05, 3.63) is 66.0 Å². The molecule has 0 amide bonds. The molecule has 0 saturated carbocycles. The monoisotopic (exact) mass is 326 g/mol. The van der Waals surface area contributed by atoms with Crippen LogP contribution in [0.4, 0.5) is 0 Å². The van der Waals surface area contributed by atoms with Gasteiger partial charge in [0.1, 0.15) is 12.2 Å². The van der Waals surface area contributed by atoms with Crippen LogP contribution in [0.15, 0.2) is 49.1 Å². The minimum Gasteiger partial charge on any atom is -0.395 e. The molecule has 24 heavy (non-hydrogen) atoms. The van der Waals surface area contributed by atoms with E-state index in [2.05, 4.69) is 32.3 Å². The summed E-state index contributed by atoms with van der Waals surface area (Å²) < 4.78 is 3.83. The van der Waals surface area contributed by atoms with Crippen LogP contribution in [0.2, 0.25) is 0 Å². The second-order valence-electron chi connectivity index (χ2n) is 5.82. The lowest BCUT2D eigenvalue weighted by Crippen LogP contribution is -2.27. The van der Waals surface area contributed by atoms with Crippen LogP contribution in [0, 0.1) is 0 Å². The number of hydrogen-bond donors (Lipinski definition) is 1. The predicted octanol–water partition coefficient (Wildman–Crippen LogP) is 1.05. The van der Waals surface area contributed by atoms with Gasteiger partial charge in [0, 0.05) is 31.9 Å². The Bertz CT molecular complexity index is 751. The van der Waals surface area contributed by atoms with Crippen LogP contribution < -0.4 is 0 Å². The molecular formula is C17H22N6O. The lowest BCUT2D eigenvalue weighted by molar-refractivity contribution is 0.180. The number of nitrogens with zero attached hydrogens (tertiary/aromatic N) is 6. The van der Waals surface area contributed by atoms with Crippen molar-refractivity contribution in [2.24, 2.45) is 7.05 Å². The van der Waals surface area contributed by atoms with Gasteiger partial charge < -0.3 is 9.67 Å². The molecule has 0 spiro atoms. The van der Waals surface area contributed by atoms with Crippen molar-refractivity contribution in [2.75, 3.05) is 13.2 Å². The molecule has 0 aliphatic carbocycles. The third-order valence-electron chi connectivity index (χ3n) is 3.87. The standard InChI is InChI=1S/C17H22N6O/c1-21-14-18-20-17(21)13-22(7-8-24)10-16-9-19-23(12-16)11-15-5-3-2-4-6-15/h2-6,9,12,14,24H,7-8,10-11,13H2,1H3. The molecule has 2 heterocycles. The minimum atomic E-state index is 0.107. The van der Waals surface area contributed by atoms with Crippen molar-refractivity contribution >= 4 is 0 Å². The van der Waals surface area contributed by atoms with E-state index in [1.54, 1.807) is 6.33 Å². The number of benzene rings is 1. The molecule has 3 rings (SSSR count). The highest BCUT2D eigenvalue weighted by atomic mass is 16.3. The Balaban J connectivity index is 1.63. The molecule has 0 unspecified atom stereocenters. The second-order valence-corrected chi connectivity index (χ2v) is 5.82. The van der Waals surface area contributed by atoms with E-state index in [0.717, 1.165) is 17.9 Å². The summed E-state index contributed by atoms with van der Waals surface area (Å²) >= 11 is 0. The maximum absolute atomic E-state index is 9.31. The summed E-state index contributed by atoms with van der Waals surface area (Å²) in [7, 11) is 1.92. The van der Waals surface area contributed by atoms with Gasteiger partial charge in [-0.15, -0.1) is 10.2 Å². The molecular weight excluding hydrogens is 304 g/mol.